The molecular weight excluding hydrogens is 360 g/mol. The fourth-order valence-corrected chi connectivity index (χ4v) is 8.23. The van der Waals surface area contributed by atoms with E-state index in [1.807, 2.05) is 0 Å². The molecule has 1 aliphatic heterocycles. The molecule has 0 radical (unpaired) electrons. The molecule has 0 aromatic carbocycles. The zero-order valence-corrected chi connectivity index (χ0v) is 17.3. The highest BCUT2D eigenvalue weighted by Gasteiger charge is 2.53. The van der Waals surface area contributed by atoms with Gasteiger partial charge in [-0.15, -0.1) is 0 Å². The summed E-state index contributed by atoms with van der Waals surface area (Å²) in [6, 6.07) is 0.720. The van der Waals surface area contributed by atoms with Crippen LogP contribution in [-0.2, 0) is 4.79 Å². The highest BCUT2D eigenvalue weighted by molar-refractivity contribution is 5.81. The minimum atomic E-state index is -0.619. The highest BCUT2D eigenvalue weighted by atomic mass is 16.4. The number of hydrogen-bond acceptors (Lipinski definition) is 3. The number of carbonyl (C=O) groups is 1. The summed E-state index contributed by atoms with van der Waals surface area (Å²) in [5, 5.41) is 17.4. The number of fused-ring (bicyclic) bond motifs is 7. The third-order valence-corrected chi connectivity index (χ3v) is 9.62. The molecule has 4 nitrogen and oxygen atoms in total. The summed E-state index contributed by atoms with van der Waals surface area (Å²) in [6.07, 6.45) is 18.3. The van der Waals surface area contributed by atoms with Gasteiger partial charge in [-0.25, -0.2) is 0 Å². The monoisotopic (exact) mass is 394 g/mol. The van der Waals surface area contributed by atoms with E-state index in [0.29, 0.717) is 11.8 Å². The van der Waals surface area contributed by atoms with Crippen LogP contribution < -0.4 is 10.6 Å². The molecule has 0 aromatic heterocycles. The van der Waals surface area contributed by atoms with Gasteiger partial charge in [-0.3, -0.25) is 4.79 Å². The van der Waals surface area contributed by atoms with E-state index in [0.717, 1.165) is 67.6 Å². The lowest BCUT2D eigenvalue weighted by Gasteiger charge is -2.55. The highest BCUT2D eigenvalue weighted by Crippen LogP contribution is 2.59. The molecule has 0 amide bonds. The molecule has 4 heteroatoms. The van der Waals surface area contributed by atoms with Crippen LogP contribution in [0.2, 0.25) is 0 Å². The lowest BCUT2D eigenvalue weighted by molar-refractivity contribution is -0.148. The van der Waals surface area contributed by atoms with Crippen molar-refractivity contribution >= 4 is 5.97 Å². The van der Waals surface area contributed by atoms with E-state index >= 15 is 0 Å². The summed E-state index contributed by atoms with van der Waals surface area (Å²) in [4.78, 5) is 12.3. The van der Waals surface area contributed by atoms with Crippen LogP contribution in [0, 0.1) is 40.9 Å². The molecule has 1 saturated heterocycles. The second-order valence-corrected chi connectivity index (χ2v) is 10.6. The van der Waals surface area contributed by atoms with E-state index in [9.17, 15) is 9.90 Å². The minimum absolute atomic E-state index is 0.580. The number of allylic oxidation sites excluding steroid dienone is 5. The number of aliphatic carboxylic acids is 1. The van der Waals surface area contributed by atoms with Gasteiger partial charge < -0.3 is 15.7 Å². The van der Waals surface area contributed by atoms with Gasteiger partial charge in [0.25, 0.3) is 0 Å². The van der Waals surface area contributed by atoms with Crippen molar-refractivity contribution in [3.63, 3.8) is 0 Å². The fourth-order valence-electron chi connectivity index (χ4n) is 8.23. The Morgan fingerprint density at radius 2 is 2.00 bits per heavy atom. The minimum Gasteiger partial charge on any atom is -0.481 e. The Bertz CT molecular complexity index is 799. The first-order valence-electron chi connectivity index (χ1n) is 11.9. The predicted octanol–water partition coefficient (Wildman–Crippen LogP) is 3.87. The van der Waals surface area contributed by atoms with E-state index in [2.05, 4.69) is 34.9 Å². The normalized spacial score (nSPS) is 48.1. The zero-order chi connectivity index (χ0) is 19.6. The van der Waals surface area contributed by atoms with Crippen molar-refractivity contribution in [1.82, 2.24) is 10.6 Å². The smallest absolute Gasteiger partial charge is 0.314 e. The average molecular weight is 395 g/mol. The Morgan fingerprint density at radius 3 is 2.90 bits per heavy atom. The molecule has 2 saturated carbocycles. The molecule has 5 aliphatic carbocycles. The number of carboxylic acids is 1. The molecule has 0 bridgehead atoms. The molecule has 3 N–H and O–H groups in total. The van der Waals surface area contributed by atoms with E-state index < -0.39 is 11.4 Å². The van der Waals surface area contributed by atoms with Gasteiger partial charge in [0.05, 0.1) is 5.41 Å². The fraction of sp³-hybridized carbons (Fsp3) is 0.720. The molecule has 6 aliphatic rings. The lowest BCUT2D eigenvalue weighted by Crippen LogP contribution is -2.57. The molecule has 8 unspecified atom stereocenters. The van der Waals surface area contributed by atoms with E-state index in [1.165, 1.54) is 37.8 Å². The third-order valence-electron chi connectivity index (χ3n) is 9.62. The third kappa shape index (κ3) is 2.68. The van der Waals surface area contributed by atoms with Crippen LogP contribution in [0.15, 0.2) is 35.5 Å². The first kappa shape index (κ1) is 18.4. The summed E-state index contributed by atoms with van der Waals surface area (Å²) < 4.78 is 0. The lowest BCUT2D eigenvalue weighted by atomic mass is 9.51. The zero-order valence-electron chi connectivity index (χ0n) is 17.3. The van der Waals surface area contributed by atoms with Gasteiger partial charge in [0.15, 0.2) is 0 Å². The molecule has 156 valence electrons. The molecule has 8 atom stereocenters. The average Bonchev–Trinajstić information content (AvgIpc) is 2.76. The Kier molecular flexibility index (Phi) is 4.32. The first-order valence-corrected chi connectivity index (χ1v) is 11.9. The van der Waals surface area contributed by atoms with Gasteiger partial charge in [0.1, 0.15) is 0 Å². The molecule has 6 rings (SSSR count). The van der Waals surface area contributed by atoms with Crippen molar-refractivity contribution < 1.29 is 9.90 Å². The van der Waals surface area contributed by atoms with Crippen LogP contribution >= 0.6 is 0 Å². The largest absolute Gasteiger partial charge is 0.481 e. The van der Waals surface area contributed by atoms with Crippen LogP contribution in [0.3, 0.4) is 0 Å². The summed E-state index contributed by atoms with van der Waals surface area (Å²) in [6.45, 7) is 2.15. The van der Waals surface area contributed by atoms with Gasteiger partial charge in [-0.05, 0) is 98.0 Å². The van der Waals surface area contributed by atoms with Crippen LogP contribution in [0.1, 0.15) is 51.4 Å². The molecular formula is C25H34N2O2. The number of hydrogen-bond donors (Lipinski definition) is 3. The summed E-state index contributed by atoms with van der Waals surface area (Å²) in [5.41, 5.74) is 1.91. The van der Waals surface area contributed by atoms with Crippen LogP contribution in [0.4, 0.5) is 0 Å². The maximum atomic E-state index is 12.3. The van der Waals surface area contributed by atoms with Crippen LogP contribution in [0.5, 0.6) is 0 Å². The molecule has 1 heterocycles. The number of nitrogens with one attached hydrogen (secondary N) is 2. The van der Waals surface area contributed by atoms with Crippen LogP contribution in [-0.4, -0.2) is 30.3 Å². The van der Waals surface area contributed by atoms with Gasteiger partial charge in [0, 0.05) is 19.3 Å². The second kappa shape index (κ2) is 6.81. The second-order valence-electron chi connectivity index (χ2n) is 10.6. The number of carboxylic acid groups (broad SMARTS) is 1. The maximum absolute atomic E-state index is 12.3. The maximum Gasteiger partial charge on any atom is 0.314 e. The molecule has 0 spiro atoms. The van der Waals surface area contributed by atoms with Crippen molar-refractivity contribution in [2.24, 2.45) is 40.9 Å². The van der Waals surface area contributed by atoms with E-state index in [4.69, 9.17) is 0 Å². The van der Waals surface area contributed by atoms with Gasteiger partial charge >= 0.3 is 5.97 Å². The SMILES string of the molecule is O=C(O)C12CCC=CC1=C1C=CC3C4CC5CNCNC5CC4CCC3C1CC2. The standard InChI is InChI=1S/C25H34N2O2/c28-24(29)25-9-2-1-3-22(25)20-7-6-18-17(19(20)8-10-25)5-4-15-12-23-16(11-21(15)18)13-26-14-27-23/h1,3,6-7,15-19,21,23,26-27H,2,4-5,8-14H2,(H,28,29). The number of rotatable bonds is 1. The Balaban J connectivity index is 1.35. The van der Waals surface area contributed by atoms with E-state index in [1.54, 1.807) is 0 Å². The van der Waals surface area contributed by atoms with Gasteiger partial charge in [0.2, 0.25) is 0 Å². The van der Waals surface area contributed by atoms with Crippen molar-refractivity contribution in [2.45, 2.75) is 57.4 Å². The van der Waals surface area contributed by atoms with Crippen molar-refractivity contribution in [3.8, 4) is 0 Å². The van der Waals surface area contributed by atoms with Crippen molar-refractivity contribution in [1.29, 1.82) is 0 Å². The molecule has 3 fully saturated rings. The van der Waals surface area contributed by atoms with Gasteiger partial charge in [-0.1, -0.05) is 24.3 Å². The summed E-state index contributed by atoms with van der Waals surface area (Å²) in [5.74, 6) is 3.90. The molecule has 0 aromatic rings. The quantitative estimate of drug-likeness (QED) is 0.632. The topological polar surface area (TPSA) is 61.4 Å². The predicted molar refractivity (Wildman–Crippen MR) is 113 cm³/mol. The van der Waals surface area contributed by atoms with Crippen molar-refractivity contribution in [3.05, 3.63) is 35.5 Å². The van der Waals surface area contributed by atoms with Gasteiger partial charge in [-0.2, -0.15) is 0 Å². The Hall–Kier alpha value is -1.39. The summed E-state index contributed by atoms with van der Waals surface area (Å²) in [7, 11) is 0. The molecule has 29 heavy (non-hydrogen) atoms. The van der Waals surface area contributed by atoms with E-state index in [-0.39, 0.29) is 0 Å². The van der Waals surface area contributed by atoms with Crippen molar-refractivity contribution in [2.75, 3.05) is 13.2 Å². The summed E-state index contributed by atoms with van der Waals surface area (Å²) >= 11 is 0. The Labute approximate surface area is 173 Å². The van der Waals surface area contributed by atoms with Crippen LogP contribution in [0.25, 0.3) is 0 Å². The Morgan fingerprint density at radius 1 is 1.07 bits per heavy atom. The first-order chi connectivity index (χ1) is 14.2.